The van der Waals surface area contributed by atoms with Crippen LogP contribution in [0, 0.1) is 0 Å². The van der Waals surface area contributed by atoms with Crippen molar-refractivity contribution in [2.24, 2.45) is 0 Å². The van der Waals surface area contributed by atoms with E-state index >= 15 is 0 Å². The number of carbonyl (C=O) groups excluding carboxylic acids is 1. The highest BCUT2D eigenvalue weighted by molar-refractivity contribution is 5.84. The Morgan fingerprint density at radius 3 is 2.28 bits per heavy atom. The molecule has 1 amide bonds. The molecule has 18 heavy (non-hydrogen) atoms. The van der Waals surface area contributed by atoms with Gasteiger partial charge in [0.25, 0.3) is 5.91 Å². The Labute approximate surface area is 108 Å². The number of carbonyl (C=O) groups is 1. The number of rotatable bonds is 6. The summed E-state index contributed by atoms with van der Waals surface area (Å²) in [6, 6.07) is -1.15. The molecule has 0 aromatic carbocycles. The van der Waals surface area contributed by atoms with Crippen molar-refractivity contribution in [3.8, 4) is 0 Å². The van der Waals surface area contributed by atoms with Gasteiger partial charge in [0.2, 0.25) is 0 Å². The normalized spacial score (nSPS) is 18.6. The smallest absolute Gasteiger partial charge is 0.339 e. The highest BCUT2D eigenvalue weighted by atomic mass is 19.3. The van der Waals surface area contributed by atoms with E-state index in [4.69, 9.17) is 0 Å². The molecule has 1 aliphatic carbocycles. The van der Waals surface area contributed by atoms with E-state index in [1.54, 1.807) is 0 Å². The van der Waals surface area contributed by atoms with Crippen LogP contribution in [0.25, 0.3) is 0 Å². The zero-order valence-electron chi connectivity index (χ0n) is 11.6. The number of amides is 1. The standard InChI is InChI=1S/C13H24F2N2O/c1-5-6-10(17-12(2,3)4)13(14,15)11(18)16-9-7-8-9/h9-10,17H,5-8H2,1-4H3,(H,16,18). The second kappa shape index (κ2) is 5.51. The van der Waals surface area contributed by atoms with Crippen molar-refractivity contribution in [3.63, 3.8) is 0 Å². The van der Waals surface area contributed by atoms with Gasteiger partial charge in [0.05, 0.1) is 6.04 Å². The van der Waals surface area contributed by atoms with Crippen molar-refractivity contribution in [1.29, 1.82) is 0 Å². The molecular weight excluding hydrogens is 238 g/mol. The SMILES string of the molecule is CCCC(NC(C)(C)C)C(F)(F)C(=O)NC1CC1. The summed E-state index contributed by atoms with van der Waals surface area (Å²) in [5.41, 5.74) is -0.441. The third-order valence-corrected chi connectivity index (χ3v) is 2.84. The minimum absolute atomic E-state index is 0.0414. The second-order valence-electron chi connectivity index (χ2n) is 6.11. The van der Waals surface area contributed by atoms with Gasteiger partial charge < -0.3 is 10.6 Å². The molecule has 2 N–H and O–H groups in total. The molecule has 0 aromatic rings. The summed E-state index contributed by atoms with van der Waals surface area (Å²) in [4.78, 5) is 11.6. The van der Waals surface area contributed by atoms with E-state index in [1.807, 2.05) is 27.7 Å². The van der Waals surface area contributed by atoms with E-state index in [2.05, 4.69) is 10.6 Å². The molecular formula is C13H24F2N2O. The van der Waals surface area contributed by atoms with Gasteiger partial charge in [-0.1, -0.05) is 13.3 Å². The monoisotopic (exact) mass is 262 g/mol. The maximum absolute atomic E-state index is 14.1. The van der Waals surface area contributed by atoms with Crippen LogP contribution < -0.4 is 10.6 Å². The third-order valence-electron chi connectivity index (χ3n) is 2.84. The van der Waals surface area contributed by atoms with Gasteiger partial charge in [-0.3, -0.25) is 4.79 Å². The minimum Gasteiger partial charge on any atom is -0.348 e. The molecule has 3 nitrogen and oxygen atoms in total. The third kappa shape index (κ3) is 4.52. The number of halogens is 2. The Morgan fingerprint density at radius 1 is 1.33 bits per heavy atom. The Hall–Kier alpha value is -0.710. The van der Waals surface area contributed by atoms with Gasteiger partial charge in [-0.05, 0) is 40.0 Å². The Balaban J connectivity index is 2.70. The molecule has 1 aliphatic rings. The van der Waals surface area contributed by atoms with Crippen LogP contribution in [0.3, 0.4) is 0 Å². The van der Waals surface area contributed by atoms with E-state index in [0.717, 1.165) is 12.8 Å². The van der Waals surface area contributed by atoms with Crippen LogP contribution in [-0.2, 0) is 4.79 Å². The van der Waals surface area contributed by atoms with Crippen LogP contribution in [0.1, 0.15) is 53.4 Å². The van der Waals surface area contributed by atoms with E-state index < -0.39 is 23.4 Å². The van der Waals surface area contributed by atoms with Crippen LogP contribution in [-0.4, -0.2) is 29.5 Å². The van der Waals surface area contributed by atoms with Crippen LogP contribution in [0.15, 0.2) is 0 Å². The van der Waals surface area contributed by atoms with Gasteiger partial charge in [0, 0.05) is 11.6 Å². The predicted molar refractivity (Wildman–Crippen MR) is 67.7 cm³/mol. The summed E-state index contributed by atoms with van der Waals surface area (Å²) < 4.78 is 28.2. The minimum atomic E-state index is -3.36. The van der Waals surface area contributed by atoms with E-state index in [0.29, 0.717) is 6.42 Å². The van der Waals surface area contributed by atoms with Gasteiger partial charge in [-0.25, -0.2) is 0 Å². The number of alkyl halides is 2. The van der Waals surface area contributed by atoms with Gasteiger partial charge in [0.1, 0.15) is 0 Å². The molecule has 0 heterocycles. The largest absolute Gasteiger partial charge is 0.348 e. The second-order valence-corrected chi connectivity index (χ2v) is 6.11. The zero-order chi connectivity index (χ0) is 14.0. The molecule has 1 rings (SSSR count). The van der Waals surface area contributed by atoms with Gasteiger partial charge >= 0.3 is 5.92 Å². The van der Waals surface area contributed by atoms with Crippen molar-refractivity contribution >= 4 is 5.91 Å². The Morgan fingerprint density at radius 2 is 1.89 bits per heavy atom. The molecule has 0 aliphatic heterocycles. The Bertz CT molecular complexity index is 296. The van der Waals surface area contributed by atoms with Crippen molar-refractivity contribution in [2.75, 3.05) is 0 Å². The molecule has 1 saturated carbocycles. The first-order valence-electron chi connectivity index (χ1n) is 6.63. The van der Waals surface area contributed by atoms with Crippen LogP contribution in [0.5, 0.6) is 0 Å². The molecule has 0 saturated heterocycles. The molecule has 106 valence electrons. The van der Waals surface area contributed by atoms with Gasteiger partial charge in [0.15, 0.2) is 0 Å². The van der Waals surface area contributed by atoms with E-state index in [9.17, 15) is 13.6 Å². The molecule has 0 aromatic heterocycles. The highest BCUT2D eigenvalue weighted by Gasteiger charge is 2.48. The molecule has 1 fully saturated rings. The van der Waals surface area contributed by atoms with Crippen LogP contribution in [0.4, 0.5) is 8.78 Å². The summed E-state index contributed by atoms with van der Waals surface area (Å²) >= 11 is 0. The van der Waals surface area contributed by atoms with Gasteiger partial charge in [-0.15, -0.1) is 0 Å². The van der Waals surface area contributed by atoms with E-state index in [-0.39, 0.29) is 12.5 Å². The Kier molecular flexibility index (Phi) is 4.70. The van der Waals surface area contributed by atoms with Crippen LogP contribution in [0.2, 0.25) is 0 Å². The average molecular weight is 262 g/mol. The lowest BCUT2D eigenvalue weighted by Crippen LogP contribution is -2.58. The molecule has 0 bridgehead atoms. The van der Waals surface area contributed by atoms with Crippen molar-refractivity contribution < 1.29 is 13.6 Å². The summed E-state index contributed by atoms with van der Waals surface area (Å²) in [6.07, 6.45) is 2.52. The quantitative estimate of drug-likeness (QED) is 0.772. The van der Waals surface area contributed by atoms with Crippen molar-refractivity contribution in [2.45, 2.75) is 76.9 Å². The number of nitrogens with one attached hydrogen (secondary N) is 2. The number of hydrogen-bond donors (Lipinski definition) is 2. The van der Waals surface area contributed by atoms with Crippen LogP contribution >= 0.6 is 0 Å². The molecule has 5 heteroatoms. The fourth-order valence-electron chi connectivity index (χ4n) is 1.82. The maximum Gasteiger partial charge on any atom is 0.339 e. The first kappa shape index (κ1) is 15.3. The molecule has 1 unspecified atom stereocenters. The first-order chi connectivity index (χ1) is 8.16. The molecule has 1 atom stereocenters. The summed E-state index contributed by atoms with van der Waals surface area (Å²) in [7, 11) is 0. The predicted octanol–water partition coefficient (Wildman–Crippen LogP) is 2.46. The summed E-state index contributed by atoms with van der Waals surface area (Å²) in [5, 5.41) is 5.25. The average Bonchev–Trinajstić information content (AvgIpc) is 2.98. The van der Waals surface area contributed by atoms with Gasteiger partial charge in [-0.2, -0.15) is 8.78 Å². The first-order valence-corrected chi connectivity index (χ1v) is 6.63. The molecule has 0 radical (unpaired) electrons. The zero-order valence-corrected chi connectivity index (χ0v) is 11.6. The number of hydrogen-bond acceptors (Lipinski definition) is 2. The summed E-state index contributed by atoms with van der Waals surface area (Å²) in [6.45, 7) is 7.31. The fourth-order valence-corrected chi connectivity index (χ4v) is 1.82. The fraction of sp³-hybridized carbons (Fsp3) is 0.923. The maximum atomic E-state index is 14.1. The lowest BCUT2D eigenvalue weighted by Gasteiger charge is -2.33. The highest BCUT2D eigenvalue weighted by Crippen LogP contribution is 2.27. The van der Waals surface area contributed by atoms with E-state index in [1.165, 1.54) is 0 Å². The topological polar surface area (TPSA) is 41.1 Å². The van der Waals surface area contributed by atoms with Crippen molar-refractivity contribution in [1.82, 2.24) is 10.6 Å². The molecule has 0 spiro atoms. The summed E-state index contributed by atoms with van der Waals surface area (Å²) in [5.74, 6) is -4.49. The van der Waals surface area contributed by atoms with Crippen molar-refractivity contribution in [3.05, 3.63) is 0 Å². The lowest BCUT2D eigenvalue weighted by molar-refractivity contribution is -0.151. The lowest BCUT2D eigenvalue weighted by atomic mass is 9.99.